The molecule has 0 saturated carbocycles. The molecule has 19 heavy (non-hydrogen) atoms. The molecule has 5 nitrogen and oxygen atoms in total. The quantitative estimate of drug-likeness (QED) is 0.897. The fourth-order valence-corrected chi connectivity index (χ4v) is 2.40. The molecule has 2 aromatic rings. The zero-order valence-corrected chi connectivity index (χ0v) is 10.6. The summed E-state index contributed by atoms with van der Waals surface area (Å²) in [6.45, 7) is 1.28. The lowest BCUT2D eigenvalue weighted by Gasteiger charge is -2.17. The van der Waals surface area contributed by atoms with Crippen LogP contribution in [0, 0.1) is 5.92 Å². The molecule has 1 aromatic heterocycles. The fourth-order valence-electron chi connectivity index (χ4n) is 2.40. The van der Waals surface area contributed by atoms with Crippen molar-refractivity contribution in [1.29, 1.82) is 0 Å². The molecule has 0 bridgehead atoms. The average Bonchev–Trinajstić information content (AvgIpc) is 3.08. The van der Waals surface area contributed by atoms with E-state index in [1.807, 2.05) is 41.4 Å². The van der Waals surface area contributed by atoms with Gasteiger partial charge in [0.25, 0.3) is 0 Å². The van der Waals surface area contributed by atoms with Gasteiger partial charge in [0.2, 0.25) is 5.91 Å². The highest BCUT2D eigenvalue weighted by Crippen LogP contribution is 2.25. The van der Waals surface area contributed by atoms with Gasteiger partial charge in [-0.15, -0.1) is 0 Å². The van der Waals surface area contributed by atoms with Gasteiger partial charge in [-0.05, 0) is 42.8 Å². The standard InChI is InChI=1S/C14H16N4O/c15-9-11-8-14(19)17(10-11)12-2-4-13(5-3-12)18-7-1-6-16-18/h1-7,11H,8-10,15H2. The highest BCUT2D eigenvalue weighted by molar-refractivity contribution is 5.95. The highest BCUT2D eigenvalue weighted by Gasteiger charge is 2.29. The first-order valence-corrected chi connectivity index (χ1v) is 6.38. The van der Waals surface area contributed by atoms with Crippen molar-refractivity contribution >= 4 is 11.6 Å². The summed E-state index contributed by atoms with van der Waals surface area (Å²) in [5, 5.41) is 4.17. The van der Waals surface area contributed by atoms with Gasteiger partial charge in [0.15, 0.2) is 0 Å². The number of nitrogens with zero attached hydrogens (tertiary/aromatic N) is 3. The molecule has 1 aliphatic heterocycles. The number of aromatic nitrogens is 2. The Bertz CT molecular complexity index is 562. The third-order valence-electron chi connectivity index (χ3n) is 3.47. The molecule has 0 spiro atoms. The molecular weight excluding hydrogens is 240 g/mol. The van der Waals surface area contributed by atoms with E-state index in [4.69, 9.17) is 5.73 Å². The van der Waals surface area contributed by atoms with Gasteiger partial charge in [0.1, 0.15) is 0 Å². The molecule has 1 aromatic carbocycles. The van der Waals surface area contributed by atoms with E-state index >= 15 is 0 Å². The Hall–Kier alpha value is -2.14. The Morgan fingerprint density at radius 2 is 2.00 bits per heavy atom. The lowest BCUT2D eigenvalue weighted by molar-refractivity contribution is -0.117. The van der Waals surface area contributed by atoms with Gasteiger partial charge in [-0.2, -0.15) is 5.10 Å². The Balaban J connectivity index is 1.81. The van der Waals surface area contributed by atoms with E-state index in [1.165, 1.54) is 0 Å². The Labute approximate surface area is 111 Å². The molecule has 2 heterocycles. The first kappa shape index (κ1) is 11.9. The number of rotatable bonds is 3. The van der Waals surface area contributed by atoms with Crippen LogP contribution in [-0.4, -0.2) is 28.8 Å². The summed E-state index contributed by atoms with van der Waals surface area (Å²) < 4.78 is 1.79. The number of hydrogen-bond donors (Lipinski definition) is 1. The number of nitrogens with two attached hydrogens (primary N) is 1. The minimum Gasteiger partial charge on any atom is -0.330 e. The van der Waals surface area contributed by atoms with Crippen molar-refractivity contribution in [1.82, 2.24) is 9.78 Å². The van der Waals surface area contributed by atoms with E-state index < -0.39 is 0 Å². The van der Waals surface area contributed by atoms with Crippen molar-refractivity contribution in [3.8, 4) is 5.69 Å². The van der Waals surface area contributed by atoms with Crippen LogP contribution in [0.25, 0.3) is 5.69 Å². The summed E-state index contributed by atoms with van der Waals surface area (Å²) >= 11 is 0. The second-order valence-electron chi connectivity index (χ2n) is 4.78. The minimum atomic E-state index is 0.155. The van der Waals surface area contributed by atoms with Gasteiger partial charge in [-0.1, -0.05) is 0 Å². The zero-order chi connectivity index (χ0) is 13.2. The summed E-state index contributed by atoms with van der Waals surface area (Å²) in [7, 11) is 0. The Morgan fingerprint density at radius 1 is 1.26 bits per heavy atom. The molecule has 2 N–H and O–H groups in total. The SMILES string of the molecule is NCC1CC(=O)N(c2ccc(-n3cccn3)cc2)C1. The van der Waals surface area contributed by atoms with Crippen LogP contribution in [-0.2, 0) is 4.79 Å². The Morgan fingerprint density at radius 3 is 2.58 bits per heavy atom. The third-order valence-corrected chi connectivity index (χ3v) is 3.47. The molecule has 1 saturated heterocycles. The lowest BCUT2D eigenvalue weighted by Crippen LogP contribution is -2.25. The van der Waals surface area contributed by atoms with Crippen LogP contribution in [0.1, 0.15) is 6.42 Å². The number of amides is 1. The van der Waals surface area contributed by atoms with Gasteiger partial charge in [-0.3, -0.25) is 4.79 Å². The average molecular weight is 256 g/mol. The van der Waals surface area contributed by atoms with E-state index in [-0.39, 0.29) is 11.8 Å². The van der Waals surface area contributed by atoms with Crippen LogP contribution in [0.5, 0.6) is 0 Å². The van der Waals surface area contributed by atoms with Crippen molar-refractivity contribution in [2.24, 2.45) is 11.7 Å². The number of carbonyl (C=O) groups is 1. The molecule has 5 heteroatoms. The smallest absolute Gasteiger partial charge is 0.227 e. The van der Waals surface area contributed by atoms with Crippen molar-refractivity contribution < 1.29 is 4.79 Å². The van der Waals surface area contributed by atoms with Crippen molar-refractivity contribution in [2.75, 3.05) is 18.0 Å². The summed E-state index contributed by atoms with van der Waals surface area (Å²) in [6, 6.07) is 9.71. The molecule has 1 unspecified atom stereocenters. The van der Waals surface area contributed by atoms with Crippen molar-refractivity contribution in [2.45, 2.75) is 6.42 Å². The summed E-state index contributed by atoms with van der Waals surface area (Å²) in [6.07, 6.45) is 4.18. The predicted octanol–water partition coefficient (Wildman–Crippen LogP) is 1.18. The first-order valence-electron chi connectivity index (χ1n) is 6.38. The second kappa shape index (κ2) is 4.85. The normalized spacial score (nSPS) is 19.1. The summed E-state index contributed by atoms with van der Waals surface area (Å²) in [5.74, 6) is 0.431. The van der Waals surface area contributed by atoms with E-state index in [0.717, 1.165) is 17.9 Å². The van der Waals surface area contributed by atoms with Gasteiger partial charge in [0, 0.05) is 31.0 Å². The van der Waals surface area contributed by atoms with Crippen LogP contribution in [0.15, 0.2) is 42.7 Å². The van der Waals surface area contributed by atoms with Gasteiger partial charge >= 0.3 is 0 Å². The maximum absolute atomic E-state index is 11.9. The molecular formula is C14H16N4O. The van der Waals surface area contributed by atoms with E-state index in [1.54, 1.807) is 10.9 Å². The molecule has 0 radical (unpaired) electrons. The minimum absolute atomic E-state index is 0.155. The van der Waals surface area contributed by atoms with Crippen LogP contribution < -0.4 is 10.6 Å². The lowest BCUT2D eigenvalue weighted by atomic mass is 10.1. The molecule has 3 rings (SSSR count). The molecule has 1 amide bonds. The van der Waals surface area contributed by atoms with E-state index in [2.05, 4.69) is 5.10 Å². The molecule has 1 fully saturated rings. The topological polar surface area (TPSA) is 64.2 Å². The monoisotopic (exact) mass is 256 g/mol. The van der Waals surface area contributed by atoms with Gasteiger partial charge < -0.3 is 10.6 Å². The van der Waals surface area contributed by atoms with Crippen LogP contribution in [0.3, 0.4) is 0 Å². The molecule has 1 aliphatic rings. The van der Waals surface area contributed by atoms with Gasteiger partial charge in [-0.25, -0.2) is 4.68 Å². The molecule has 98 valence electrons. The van der Waals surface area contributed by atoms with E-state index in [9.17, 15) is 4.79 Å². The third kappa shape index (κ3) is 2.24. The fraction of sp³-hybridized carbons (Fsp3) is 0.286. The maximum Gasteiger partial charge on any atom is 0.227 e. The van der Waals surface area contributed by atoms with Crippen LogP contribution in [0.4, 0.5) is 5.69 Å². The van der Waals surface area contributed by atoms with Crippen molar-refractivity contribution in [3.05, 3.63) is 42.7 Å². The van der Waals surface area contributed by atoms with Crippen LogP contribution in [0.2, 0.25) is 0 Å². The number of hydrogen-bond acceptors (Lipinski definition) is 3. The number of anilines is 1. The molecule has 1 atom stereocenters. The zero-order valence-electron chi connectivity index (χ0n) is 10.6. The highest BCUT2D eigenvalue weighted by atomic mass is 16.2. The second-order valence-corrected chi connectivity index (χ2v) is 4.78. The number of carbonyl (C=O) groups excluding carboxylic acids is 1. The van der Waals surface area contributed by atoms with Crippen LogP contribution >= 0.6 is 0 Å². The summed E-state index contributed by atoms with van der Waals surface area (Å²) in [5.41, 5.74) is 7.54. The maximum atomic E-state index is 11.9. The predicted molar refractivity (Wildman–Crippen MR) is 73.1 cm³/mol. The first-order chi connectivity index (χ1) is 9.28. The largest absolute Gasteiger partial charge is 0.330 e. The number of benzene rings is 1. The Kier molecular flexibility index (Phi) is 3.05. The van der Waals surface area contributed by atoms with Crippen molar-refractivity contribution in [3.63, 3.8) is 0 Å². The van der Waals surface area contributed by atoms with Gasteiger partial charge in [0.05, 0.1) is 5.69 Å². The summed E-state index contributed by atoms with van der Waals surface area (Å²) in [4.78, 5) is 13.7. The molecule has 0 aliphatic carbocycles. The van der Waals surface area contributed by atoms with E-state index in [0.29, 0.717) is 13.0 Å².